The second-order valence-electron chi connectivity index (χ2n) is 6.55. The summed E-state index contributed by atoms with van der Waals surface area (Å²) in [6.45, 7) is 3.12. The summed E-state index contributed by atoms with van der Waals surface area (Å²) in [6, 6.07) is 18.7. The molecule has 0 saturated heterocycles. The van der Waals surface area contributed by atoms with Crippen LogP contribution in [0.1, 0.15) is 37.3 Å². The molecule has 1 aromatic heterocycles. The van der Waals surface area contributed by atoms with E-state index in [-0.39, 0.29) is 0 Å². The van der Waals surface area contributed by atoms with Crippen molar-refractivity contribution in [2.75, 3.05) is 6.61 Å². The summed E-state index contributed by atoms with van der Waals surface area (Å²) in [5.74, 6) is 2.62. The van der Waals surface area contributed by atoms with Crippen LogP contribution >= 0.6 is 0 Å². The highest BCUT2D eigenvalue weighted by Gasteiger charge is 2.32. The molecule has 0 radical (unpaired) electrons. The zero-order valence-corrected chi connectivity index (χ0v) is 14.9. The van der Waals surface area contributed by atoms with Crippen LogP contribution in [0.25, 0.3) is 11.4 Å². The van der Waals surface area contributed by atoms with E-state index in [0.717, 1.165) is 11.3 Å². The molecule has 0 amide bonds. The highest BCUT2D eigenvalue weighted by molar-refractivity contribution is 5.63. The van der Waals surface area contributed by atoms with Crippen LogP contribution in [-0.4, -0.2) is 16.7 Å². The van der Waals surface area contributed by atoms with E-state index in [2.05, 4.69) is 39.7 Å². The smallest absolute Gasteiger partial charge is 0.240 e. The van der Waals surface area contributed by atoms with E-state index in [1.807, 2.05) is 37.3 Å². The lowest BCUT2D eigenvalue weighted by molar-refractivity contribution is 0.340. The number of rotatable bonds is 8. The molecule has 0 unspecified atom stereocenters. The zero-order valence-electron chi connectivity index (χ0n) is 14.9. The van der Waals surface area contributed by atoms with Gasteiger partial charge < -0.3 is 14.6 Å². The average molecular weight is 349 g/mol. The molecule has 1 saturated carbocycles. The van der Waals surface area contributed by atoms with Gasteiger partial charge in [-0.2, -0.15) is 4.98 Å². The maximum absolute atomic E-state index is 5.66. The van der Waals surface area contributed by atoms with Crippen molar-refractivity contribution in [1.29, 1.82) is 0 Å². The predicted molar refractivity (Wildman–Crippen MR) is 99.6 cm³/mol. The maximum atomic E-state index is 5.66. The van der Waals surface area contributed by atoms with E-state index in [0.29, 0.717) is 36.8 Å². The second kappa shape index (κ2) is 7.70. The third-order valence-corrected chi connectivity index (χ3v) is 4.62. The van der Waals surface area contributed by atoms with Gasteiger partial charge in [0.15, 0.2) is 0 Å². The highest BCUT2D eigenvalue weighted by atomic mass is 16.5. The maximum Gasteiger partial charge on any atom is 0.240 e. The van der Waals surface area contributed by atoms with Gasteiger partial charge in [0.1, 0.15) is 5.75 Å². The summed E-state index contributed by atoms with van der Waals surface area (Å²) in [6.07, 6.45) is 2.53. The van der Waals surface area contributed by atoms with Crippen LogP contribution in [0, 0.1) is 5.92 Å². The van der Waals surface area contributed by atoms with Gasteiger partial charge in [0.2, 0.25) is 11.7 Å². The molecule has 1 atom stereocenters. The summed E-state index contributed by atoms with van der Waals surface area (Å²) < 4.78 is 11.1. The van der Waals surface area contributed by atoms with Crippen LogP contribution in [-0.2, 0) is 6.54 Å². The Morgan fingerprint density at radius 2 is 1.88 bits per heavy atom. The largest absolute Gasteiger partial charge is 0.493 e. The molecule has 26 heavy (non-hydrogen) atoms. The monoisotopic (exact) mass is 349 g/mol. The van der Waals surface area contributed by atoms with Crippen molar-refractivity contribution in [3.63, 3.8) is 0 Å². The number of benzene rings is 2. The third kappa shape index (κ3) is 3.78. The number of nitrogens with one attached hydrogen (secondary N) is 1. The van der Waals surface area contributed by atoms with Gasteiger partial charge in [-0.3, -0.25) is 0 Å². The van der Waals surface area contributed by atoms with Crippen molar-refractivity contribution in [2.24, 2.45) is 5.92 Å². The van der Waals surface area contributed by atoms with Crippen molar-refractivity contribution in [1.82, 2.24) is 15.5 Å². The number of hydrogen-bond donors (Lipinski definition) is 1. The molecule has 134 valence electrons. The van der Waals surface area contributed by atoms with E-state index in [4.69, 9.17) is 9.26 Å². The zero-order chi connectivity index (χ0) is 17.8. The van der Waals surface area contributed by atoms with E-state index in [9.17, 15) is 0 Å². The van der Waals surface area contributed by atoms with Gasteiger partial charge >= 0.3 is 0 Å². The Bertz CT molecular complexity index is 843. The fraction of sp³-hybridized carbons (Fsp3) is 0.333. The van der Waals surface area contributed by atoms with Crippen LogP contribution in [0.3, 0.4) is 0 Å². The molecule has 2 aromatic carbocycles. The van der Waals surface area contributed by atoms with Gasteiger partial charge in [0, 0.05) is 6.04 Å². The lowest BCUT2D eigenvalue weighted by atomic mass is 10.0. The fourth-order valence-corrected chi connectivity index (χ4v) is 3.21. The number of aromatic nitrogens is 2. The standard InChI is InChI=1S/C21H23N3O2/c1-2-25-18-11-7-6-10-17(18)21-23-19(26-24-21)14-22-20(16-12-13-16)15-8-4-3-5-9-15/h3-11,16,20,22H,2,12-14H2,1H3/t20-/m1/s1. The summed E-state index contributed by atoms with van der Waals surface area (Å²) >= 11 is 0. The molecule has 1 heterocycles. The third-order valence-electron chi connectivity index (χ3n) is 4.62. The van der Waals surface area contributed by atoms with Crippen molar-refractivity contribution in [2.45, 2.75) is 32.4 Å². The van der Waals surface area contributed by atoms with Gasteiger partial charge in [-0.05, 0) is 43.4 Å². The van der Waals surface area contributed by atoms with Crippen LogP contribution in [0.5, 0.6) is 5.75 Å². The first-order valence-electron chi connectivity index (χ1n) is 9.18. The van der Waals surface area contributed by atoms with Gasteiger partial charge in [-0.15, -0.1) is 0 Å². The van der Waals surface area contributed by atoms with Crippen LogP contribution < -0.4 is 10.1 Å². The van der Waals surface area contributed by atoms with Crippen molar-refractivity contribution >= 4 is 0 Å². The summed E-state index contributed by atoms with van der Waals surface area (Å²) in [5.41, 5.74) is 2.17. The Morgan fingerprint density at radius 1 is 1.12 bits per heavy atom. The van der Waals surface area contributed by atoms with E-state index >= 15 is 0 Å². The lowest BCUT2D eigenvalue weighted by Crippen LogP contribution is -2.22. The molecule has 3 aromatic rings. The number of ether oxygens (including phenoxy) is 1. The van der Waals surface area contributed by atoms with Crippen LogP contribution in [0.2, 0.25) is 0 Å². The normalized spacial score (nSPS) is 15.0. The van der Waals surface area contributed by atoms with Gasteiger partial charge in [-0.1, -0.05) is 47.6 Å². The molecule has 1 aliphatic carbocycles. The second-order valence-corrected chi connectivity index (χ2v) is 6.55. The highest BCUT2D eigenvalue weighted by Crippen LogP contribution is 2.41. The SMILES string of the molecule is CCOc1ccccc1-c1noc(CN[C@H](c2ccccc2)C2CC2)n1. The Balaban J connectivity index is 1.47. The molecule has 0 spiro atoms. The lowest BCUT2D eigenvalue weighted by Gasteiger charge is -2.17. The minimum Gasteiger partial charge on any atom is -0.493 e. The number of nitrogens with zero attached hydrogens (tertiary/aromatic N) is 2. The molecule has 5 heteroatoms. The van der Waals surface area contributed by atoms with Gasteiger partial charge in [-0.25, -0.2) is 0 Å². The first-order valence-corrected chi connectivity index (χ1v) is 9.18. The van der Waals surface area contributed by atoms with Crippen LogP contribution in [0.4, 0.5) is 0 Å². The van der Waals surface area contributed by atoms with Gasteiger partial charge in [0.05, 0.1) is 18.7 Å². The van der Waals surface area contributed by atoms with Crippen molar-refractivity contribution in [3.05, 3.63) is 66.1 Å². The van der Waals surface area contributed by atoms with Crippen molar-refractivity contribution < 1.29 is 9.26 Å². The molecule has 5 nitrogen and oxygen atoms in total. The number of hydrogen-bond acceptors (Lipinski definition) is 5. The van der Waals surface area contributed by atoms with Crippen LogP contribution in [0.15, 0.2) is 59.1 Å². The molecule has 1 aliphatic rings. The van der Waals surface area contributed by atoms with E-state index in [1.165, 1.54) is 18.4 Å². The molecule has 4 rings (SSSR count). The molecular weight excluding hydrogens is 326 g/mol. The average Bonchev–Trinajstić information content (AvgIpc) is 3.41. The number of para-hydroxylation sites is 1. The Labute approximate surface area is 153 Å². The Morgan fingerprint density at radius 3 is 2.65 bits per heavy atom. The minimum absolute atomic E-state index is 0.335. The molecule has 1 fully saturated rings. The summed E-state index contributed by atoms with van der Waals surface area (Å²) in [5, 5.41) is 7.73. The Hall–Kier alpha value is -2.66. The molecule has 0 bridgehead atoms. The van der Waals surface area contributed by atoms with Gasteiger partial charge in [0.25, 0.3) is 0 Å². The first-order chi connectivity index (χ1) is 12.8. The quantitative estimate of drug-likeness (QED) is 0.654. The first kappa shape index (κ1) is 16.8. The minimum atomic E-state index is 0.335. The molecule has 0 aliphatic heterocycles. The predicted octanol–water partition coefficient (Wildman–Crippen LogP) is 4.38. The Kier molecular flexibility index (Phi) is 4.97. The van der Waals surface area contributed by atoms with E-state index in [1.54, 1.807) is 0 Å². The summed E-state index contributed by atoms with van der Waals surface area (Å²) in [4.78, 5) is 4.55. The van der Waals surface area contributed by atoms with E-state index < -0.39 is 0 Å². The van der Waals surface area contributed by atoms with Crippen molar-refractivity contribution in [3.8, 4) is 17.1 Å². The molecule has 1 N–H and O–H groups in total. The fourth-order valence-electron chi connectivity index (χ4n) is 3.21. The molecular formula is C21H23N3O2. The topological polar surface area (TPSA) is 60.2 Å². The summed E-state index contributed by atoms with van der Waals surface area (Å²) in [7, 11) is 0.